The zero-order chi connectivity index (χ0) is 25.9. The minimum absolute atomic E-state index is 0.00625. The zero-order valence-electron chi connectivity index (χ0n) is 18.6. The number of amides is 2. The van der Waals surface area contributed by atoms with Crippen LogP contribution in [0.5, 0.6) is 0 Å². The summed E-state index contributed by atoms with van der Waals surface area (Å²) < 4.78 is 90.6. The summed E-state index contributed by atoms with van der Waals surface area (Å²) in [6.07, 6.45) is -6.45. The Morgan fingerprint density at radius 3 is 2.54 bits per heavy atom. The van der Waals surface area contributed by atoms with Gasteiger partial charge in [0, 0.05) is 30.1 Å². The van der Waals surface area contributed by atoms with Crippen molar-refractivity contribution in [2.45, 2.75) is 56.4 Å². The first kappa shape index (κ1) is 25.0. The van der Waals surface area contributed by atoms with Gasteiger partial charge in [-0.2, -0.15) is 13.2 Å². The zero-order valence-corrected chi connectivity index (χ0v) is 18.6. The average Bonchev–Trinajstić information content (AvgIpc) is 3.23. The number of hydrogen-bond donors (Lipinski definition) is 2. The fourth-order valence-corrected chi connectivity index (χ4v) is 4.90. The Balaban J connectivity index is 1.79. The van der Waals surface area contributed by atoms with Gasteiger partial charge in [-0.3, -0.25) is 14.6 Å². The number of carbonyl (C=O) groups excluding carboxylic acids is 2. The van der Waals surface area contributed by atoms with Crippen molar-refractivity contribution >= 4 is 17.5 Å². The summed E-state index contributed by atoms with van der Waals surface area (Å²) in [7, 11) is 0. The molecule has 35 heavy (non-hydrogen) atoms. The lowest BCUT2D eigenvalue weighted by Gasteiger charge is -2.32. The van der Waals surface area contributed by atoms with Gasteiger partial charge >= 0.3 is 6.18 Å². The number of benzene rings is 1. The van der Waals surface area contributed by atoms with Gasteiger partial charge in [0.15, 0.2) is 5.60 Å². The number of primary amides is 1. The van der Waals surface area contributed by atoms with Crippen LogP contribution in [0.1, 0.15) is 53.4 Å². The van der Waals surface area contributed by atoms with Crippen LogP contribution < -0.4 is 11.1 Å². The van der Waals surface area contributed by atoms with Crippen molar-refractivity contribution in [1.29, 1.82) is 0 Å². The molecule has 1 aliphatic carbocycles. The van der Waals surface area contributed by atoms with Crippen molar-refractivity contribution in [3.05, 3.63) is 58.7 Å². The topological polar surface area (TPSA) is 94.3 Å². The molecule has 2 aromatic rings. The quantitative estimate of drug-likeness (QED) is 0.606. The molecule has 2 heterocycles. The molecule has 1 aliphatic heterocycles. The first-order valence-corrected chi connectivity index (χ1v) is 10.7. The monoisotopic (exact) mass is 501 g/mol. The SMILES string of the molecule is C[C@H]1[C@@H](c2ccc(F)c3c2CCC3(F)F)C(C(=O)Nc2ccnc(C(N)=O)c2)O[C@@]1(C)C(F)(F)F. The fourth-order valence-electron chi connectivity index (χ4n) is 4.90. The third-order valence-corrected chi connectivity index (χ3v) is 6.92. The summed E-state index contributed by atoms with van der Waals surface area (Å²) in [4.78, 5) is 28.3. The van der Waals surface area contributed by atoms with Crippen molar-refractivity contribution in [3.63, 3.8) is 0 Å². The van der Waals surface area contributed by atoms with Crippen LogP contribution in [0.2, 0.25) is 0 Å². The molecule has 1 unspecified atom stereocenters. The molecule has 1 saturated heterocycles. The number of aromatic nitrogens is 1. The highest BCUT2D eigenvalue weighted by atomic mass is 19.4. The second kappa shape index (κ2) is 8.21. The van der Waals surface area contributed by atoms with E-state index in [1.54, 1.807) is 0 Å². The number of nitrogens with zero attached hydrogens (tertiary/aromatic N) is 1. The van der Waals surface area contributed by atoms with Crippen molar-refractivity contribution in [1.82, 2.24) is 4.98 Å². The molecule has 2 amide bonds. The molecule has 2 aliphatic rings. The van der Waals surface area contributed by atoms with Crippen LogP contribution in [-0.4, -0.2) is 34.7 Å². The van der Waals surface area contributed by atoms with Crippen LogP contribution >= 0.6 is 0 Å². The number of fused-ring (bicyclic) bond motifs is 1. The maximum Gasteiger partial charge on any atom is 0.417 e. The molecule has 1 aromatic carbocycles. The largest absolute Gasteiger partial charge is 0.417 e. The van der Waals surface area contributed by atoms with Gasteiger partial charge in [0.25, 0.3) is 17.7 Å². The highest BCUT2D eigenvalue weighted by Gasteiger charge is 2.66. The lowest BCUT2D eigenvalue weighted by Crippen LogP contribution is -2.47. The molecule has 0 spiro atoms. The Bertz CT molecular complexity index is 1200. The predicted octanol–water partition coefficient (Wildman–Crippen LogP) is 4.44. The highest BCUT2D eigenvalue weighted by molar-refractivity contribution is 5.97. The van der Waals surface area contributed by atoms with Crippen LogP contribution in [0.15, 0.2) is 30.5 Å². The van der Waals surface area contributed by atoms with E-state index in [1.807, 2.05) is 0 Å². The standard InChI is InChI=1S/C23H21F6N3O3/c1-10-16(12-3-4-14(24)17-13(12)5-7-22(17,25)26)18(35-21(10,2)23(27,28)29)20(34)32-11-6-8-31-15(9-11)19(30)33/h3-4,6,8-10,16,18H,5,7H2,1-2H3,(H2,30,33)(H,31,32,34)/t10-,16-,18?,21+/m0/s1. The summed E-state index contributed by atoms with van der Waals surface area (Å²) in [6, 6.07) is 4.34. The number of carbonyl (C=O) groups is 2. The highest BCUT2D eigenvalue weighted by Crippen LogP contribution is 2.55. The van der Waals surface area contributed by atoms with Crippen LogP contribution in [0, 0.1) is 11.7 Å². The van der Waals surface area contributed by atoms with Crippen molar-refractivity contribution < 1.29 is 40.7 Å². The fraction of sp³-hybridized carbons (Fsp3) is 0.435. The first-order valence-electron chi connectivity index (χ1n) is 10.7. The van der Waals surface area contributed by atoms with E-state index in [1.165, 1.54) is 19.2 Å². The first-order chi connectivity index (χ1) is 16.2. The molecule has 3 N–H and O–H groups in total. The molecule has 0 bridgehead atoms. The maximum absolute atomic E-state index is 14.4. The molecular formula is C23H21F6N3O3. The Morgan fingerprint density at radius 2 is 1.91 bits per heavy atom. The van der Waals surface area contributed by atoms with E-state index >= 15 is 0 Å². The second-order valence-electron chi connectivity index (χ2n) is 8.94. The van der Waals surface area contributed by atoms with Gasteiger partial charge in [0.05, 0.1) is 5.56 Å². The van der Waals surface area contributed by atoms with E-state index in [9.17, 15) is 35.9 Å². The van der Waals surface area contributed by atoms with Gasteiger partial charge in [-0.05, 0) is 42.7 Å². The smallest absolute Gasteiger partial charge is 0.364 e. The van der Waals surface area contributed by atoms with E-state index < -0.39 is 65.3 Å². The molecular weight excluding hydrogens is 480 g/mol. The minimum Gasteiger partial charge on any atom is -0.364 e. The number of halogens is 6. The van der Waals surface area contributed by atoms with E-state index in [0.717, 1.165) is 25.1 Å². The number of nitrogens with one attached hydrogen (secondary N) is 1. The summed E-state index contributed by atoms with van der Waals surface area (Å²) in [5.41, 5.74) is 1.23. The number of anilines is 1. The van der Waals surface area contributed by atoms with Crippen LogP contribution in [0.3, 0.4) is 0 Å². The number of ether oxygens (including phenoxy) is 1. The molecule has 6 nitrogen and oxygen atoms in total. The van der Waals surface area contributed by atoms with Gasteiger partial charge in [-0.15, -0.1) is 0 Å². The summed E-state index contributed by atoms with van der Waals surface area (Å²) in [5.74, 6) is -9.24. The number of hydrogen-bond acceptors (Lipinski definition) is 4. The van der Waals surface area contributed by atoms with E-state index in [4.69, 9.17) is 10.5 Å². The van der Waals surface area contributed by atoms with Gasteiger partial charge in [-0.1, -0.05) is 13.0 Å². The second-order valence-corrected chi connectivity index (χ2v) is 8.94. The lowest BCUT2D eigenvalue weighted by atomic mass is 9.75. The molecule has 12 heteroatoms. The Morgan fingerprint density at radius 1 is 1.23 bits per heavy atom. The number of pyridine rings is 1. The summed E-state index contributed by atoms with van der Waals surface area (Å²) >= 11 is 0. The van der Waals surface area contributed by atoms with Gasteiger partial charge in [0.1, 0.15) is 17.6 Å². The van der Waals surface area contributed by atoms with E-state index in [0.29, 0.717) is 0 Å². The molecule has 0 saturated carbocycles. The van der Waals surface area contributed by atoms with Crippen LogP contribution in [-0.2, 0) is 21.9 Å². The Kier molecular flexibility index (Phi) is 5.86. The van der Waals surface area contributed by atoms with Gasteiger partial charge in [0.2, 0.25) is 0 Å². The molecule has 4 rings (SSSR count). The van der Waals surface area contributed by atoms with Gasteiger partial charge in [-0.25, -0.2) is 13.2 Å². The number of nitrogens with two attached hydrogens (primary N) is 1. The van der Waals surface area contributed by atoms with Crippen LogP contribution in [0.4, 0.5) is 32.0 Å². The van der Waals surface area contributed by atoms with Crippen molar-refractivity contribution in [2.75, 3.05) is 5.32 Å². The van der Waals surface area contributed by atoms with Crippen molar-refractivity contribution in [3.8, 4) is 0 Å². The molecule has 0 radical (unpaired) electrons. The Hall–Kier alpha value is -3.15. The predicted molar refractivity (Wildman–Crippen MR) is 111 cm³/mol. The number of rotatable bonds is 4. The minimum atomic E-state index is -4.90. The molecule has 188 valence electrons. The molecule has 1 aromatic heterocycles. The molecule has 4 atom stereocenters. The van der Waals surface area contributed by atoms with Crippen LogP contribution in [0.25, 0.3) is 0 Å². The lowest BCUT2D eigenvalue weighted by molar-refractivity contribution is -0.272. The maximum atomic E-state index is 14.4. The average molecular weight is 501 g/mol. The van der Waals surface area contributed by atoms with E-state index in [2.05, 4.69) is 10.3 Å². The summed E-state index contributed by atoms with van der Waals surface area (Å²) in [6.45, 7) is 2.00. The molecule has 1 fully saturated rings. The summed E-state index contributed by atoms with van der Waals surface area (Å²) in [5, 5.41) is 2.38. The van der Waals surface area contributed by atoms with Gasteiger partial charge < -0.3 is 15.8 Å². The normalized spacial score (nSPS) is 27.5. The Labute approximate surface area is 195 Å². The van der Waals surface area contributed by atoms with Crippen molar-refractivity contribution in [2.24, 2.45) is 11.7 Å². The third kappa shape index (κ3) is 4.03. The third-order valence-electron chi connectivity index (χ3n) is 6.92. The number of alkyl halides is 5. The van der Waals surface area contributed by atoms with E-state index in [-0.39, 0.29) is 28.9 Å².